The highest BCUT2D eigenvalue weighted by atomic mass is 16.5. The van der Waals surface area contributed by atoms with Crippen molar-refractivity contribution in [3.8, 4) is 17.3 Å². The van der Waals surface area contributed by atoms with Crippen molar-refractivity contribution in [3.63, 3.8) is 0 Å². The predicted molar refractivity (Wildman–Crippen MR) is 142 cm³/mol. The topological polar surface area (TPSA) is 90.3 Å². The fourth-order valence-electron chi connectivity index (χ4n) is 6.89. The minimum atomic E-state index is 0.0235. The van der Waals surface area contributed by atoms with Crippen molar-refractivity contribution in [1.29, 1.82) is 0 Å². The second kappa shape index (κ2) is 7.74. The number of amides is 1. The van der Waals surface area contributed by atoms with E-state index in [0.29, 0.717) is 23.3 Å². The van der Waals surface area contributed by atoms with Crippen molar-refractivity contribution in [2.45, 2.75) is 44.3 Å². The van der Waals surface area contributed by atoms with Gasteiger partial charge in [-0.3, -0.25) is 4.79 Å². The number of para-hydroxylation sites is 1. The average Bonchev–Trinajstić information content (AvgIpc) is 3.64. The van der Waals surface area contributed by atoms with E-state index < -0.39 is 0 Å². The van der Waals surface area contributed by atoms with Crippen molar-refractivity contribution >= 4 is 33.5 Å². The zero-order valence-electron chi connectivity index (χ0n) is 21.0. The summed E-state index contributed by atoms with van der Waals surface area (Å²) in [6.45, 7) is 3.85. The van der Waals surface area contributed by atoms with Gasteiger partial charge < -0.3 is 29.8 Å². The molecule has 8 heteroatoms. The van der Waals surface area contributed by atoms with E-state index in [-0.39, 0.29) is 18.0 Å². The first-order chi connectivity index (χ1) is 17.5. The van der Waals surface area contributed by atoms with Crippen LogP contribution in [0.3, 0.4) is 0 Å². The third kappa shape index (κ3) is 2.85. The first-order valence-electron chi connectivity index (χ1n) is 13.0. The zero-order valence-corrected chi connectivity index (χ0v) is 21.0. The lowest BCUT2D eigenvalue weighted by molar-refractivity contribution is 0.0700. The Morgan fingerprint density at radius 3 is 2.81 bits per heavy atom. The number of aromatic nitrogens is 3. The molecule has 4 aromatic rings. The van der Waals surface area contributed by atoms with Gasteiger partial charge in [0.15, 0.2) is 5.82 Å². The summed E-state index contributed by atoms with van der Waals surface area (Å²) < 4.78 is 10.3. The van der Waals surface area contributed by atoms with E-state index in [2.05, 4.69) is 45.6 Å². The predicted octanol–water partition coefficient (Wildman–Crippen LogP) is 4.14. The number of carbonyl (C=O) groups excluding carboxylic acids is 1. The fourth-order valence-corrected chi connectivity index (χ4v) is 6.89. The summed E-state index contributed by atoms with van der Waals surface area (Å²) in [6, 6.07) is 13.0. The van der Waals surface area contributed by atoms with Crippen LogP contribution >= 0.6 is 0 Å². The van der Waals surface area contributed by atoms with Crippen molar-refractivity contribution in [3.05, 3.63) is 42.0 Å². The summed E-state index contributed by atoms with van der Waals surface area (Å²) in [5.41, 5.74) is 12.1. The first-order valence-corrected chi connectivity index (χ1v) is 13.0. The maximum absolute atomic E-state index is 13.6. The SMILES string of the molecule is CCC1CNc2cccc3cc(-c4nc5cc(C(=O)N6C[C@H]7CC[C@@H]6[C@@H]7N)cc(OC)c5n4C)n1c23. The van der Waals surface area contributed by atoms with Gasteiger partial charge in [-0.1, -0.05) is 19.1 Å². The summed E-state index contributed by atoms with van der Waals surface area (Å²) in [5.74, 6) is 1.97. The second-order valence-corrected chi connectivity index (χ2v) is 10.6. The standard InChI is InChI=1S/C28H32N6O2/c1-4-18-13-30-19-7-5-6-15-11-22(34(18)25(15)19)27-31-20-10-17(12-23(36-3)26(20)32(27)2)28(35)33-14-16-8-9-21(33)24(16)29/h5-7,10-12,16,18,21,24,30H,4,8-9,13-14,29H2,1-3H3/t16-,18?,21-,24-/m1/s1. The van der Waals surface area contributed by atoms with Gasteiger partial charge in [0.25, 0.3) is 5.91 Å². The van der Waals surface area contributed by atoms with Crippen LogP contribution in [0.4, 0.5) is 5.69 Å². The molecule has 1 saturated carbocycles. The molecule has 36 heavy (non-hydrogen) atoms. The Morgan fingerprint density at radius 2 is 2.08 bits per heavy atom. The van der Waals surface area contributed by atoms with Crippen molar-refractivity contribution in [1.82, 2.24) is 19.0 Å². The number of fused-ring (bicyclic) bond motifs is 3. The monoisotopic (exact) mass is 484 g/mol. The Morgan fingerprint density at radius 1 is 1.22 bits per heavy atom. The van der Waals surface area contributed by atoms with Crippen LogP contribution in [0.15, 0.2) is 36.4 Å². The number of likely N-dealkylation sites (tertiary alicyclic amines) is 1. The largest absolute Gasteiger partial charge is 0.494 e. The van der Waals surface area contributed by atoms with Crippen LogP contribution in [0.1, 0.15) is 42.6 Å². The van der Waals surface area contributed by atoms with Crippen LogP contribution in [0.2, 0.25) is 0 Å². The smallest absolute Gasteiger partial charge is 0.254 e. The molecule has 4 atom stereocenters. The van der Waals surface area contributed by atoms with Crippen LogP contribution < -0.4 is 15.8 Å². The molecule has 186 valence electrons. The Bertz CT molecular complexity index is 1530. The quantitative estimate of drug-likeness (QED) is 0.454. The summed E-state index contributed by atoms with van der Waals surface area (Å²) >= 11 is 0. The number of imidazole rings is 1. The second-order valence-electron chi connectivity index (χ2n) is 10.6. The van der Waals surface area contributed by atoms with E-state index in [0.717, 1.165) is 60.6 Å². The van der Waals surface area contributed by atoms with Crippen molar-refractivity contribution in [2.75, 3.05) is 25.5 Å². The number of benzene rings is 2. The molecule has 3 N–H and O–H groups in total. The van der Waals surface area contributed by atoms with Crippen molar-refractivity contribution < 1.29 is 9.53 Å². The number of aryl methyl sites for hydroxylation is 1. The molecule has 1 aliphatic carbocycles. The number of hydrogen-bond acceptors (Lipinski definition) is 5. The highest BCUT2D eigenvalue weighted by Crippen LogP contribution is 2.41. The van der Waals surface area contributed by atoms with Crippen LogP contribution in [0, 0.1) is 5.92 Å². The number of rotatable bonds is 4. The number of anilines is 1. The van der Waals surface area contributed by atoms with Gasteiger partial charge in [-0.25, -0.2) is 4.98 Å². The number of methoxy groups -OCH3 is 1. The van der Waals surface area contributed by atoms with E-state index in [1.54, 1.807) is 7.11 Å². The molecule has 2 aromatic carbocycles. The molecule has 1 amide bonds. The lowest BCUT2D eigenvalue weighted by atomic mass is 10.1. The lowest BCUT2D eigenvalue weighted by Gasteiger charge is -2.28. The minimum absolute atomic E-state index is 0.0235. The van der Waals surface area contributed by atoms with Gasteiger partial charge in [-0.05, 0) is 49.4 Å². The summed E-state index contributed by atoms with van der Waals surface area (Å²) in [6.07, 6.45) is 3.13. The number of nitrogens with zero attached hydrogens (tertiary/aromatic N) is 4. The highest BCUT2D eigenvalue weighted by Gasteiger charge is 2.47. The number of ether oxygens (including phenoxy) is 1. The Balaban J connectivity index is 1.38. The zero-order chi connectivity index (χ0) is 24.7. The lowest BCUT2D eigenvalue weighted by Crippen LogP contribution is -2.41. The molecule has 0 spiro atoms. The third-order valence-corrected chi connectivity index (χ3v) is 8.77. The van der Waals surface area contributed by atoms with E-state index in [9.17, 15) is 4.79 Å². The third-order valence-electron chi connectivity index (χ3n) is 8.77. The average molecular weight is 485 g/mol. The number of hydrogen-bond donors (Lipinski definition) is 2. The molecule has 2 aliphatic heterocycles. The van der Waals surface area contributed by atoms with Crippen LogP contribution in [0.5, 0.6) is 5.75 Å². The van der Waals surface area contributed by atoms with Crippen LogP contribution in [-0.2, 0) is 7.05 Å². The molecule has 8 nitrogen and oxygen atoms in total. The maximum atomic E-state index is 13.6. The van der Waals surface area contributed by atoms with Gasteiger partial charge in [0.05, 0.1) is 35.6 Å². The molecular formula is C28H32N6O2. The molecule has 1 unspecified atom stereocenters. The van der Waals surface area contributed by atoms with E-state index in [4.69, 9.17) is 15.5 Å². The van der Waals surface area contributed by atoms with Gasteiger partial charge in [0, 0.05) is 43.2 Å². The molecule has 2 fully saturated rings. The first kappa shape index (κ1) is 21.7. The van der Waals surface area contributed by atoms with Gasteiger partial charge >= 0.3 is 0 Å². The van der Waals surface area contributed by atoms with E-state index in [1.165, 1.54) is 10.9 Å². The molecule has 2 bridgehead atoms. The fraction of sp³-hybridized carbons (Fsp3) is 0.429. The number of carbonyl (C=O) groups is 1. The number of nitrogens with one attached hydrogen (secondary N) is 1. The van der Waals surface area contributed by atoms with Crippen LogP contribution in [-0.4, -0.2) is 57.2 Å². The summed E-state index contributed by atoms with van der Waals surface area (Å²) in [5, 5.41) is 4.79. The highest BCUT2D eigenvalue weighted by molar-refractivity contribution is 6.01. The molecule has 3 aliphatic rings. The number of nitrogens with two attached hydrogens (primary N) is 1. The minimum Gasteiger partial charge on any atom is -0.494 e. The molecule has 1 saturated heterocycles. The van der Waals surface area contributed by atoms with Gasteiger partial charge in [-0.2, -0.15) is 0 Å². The maximum Gasteiger partial charge on any atom is 0.254 e. The summed E-state index contributed by atoms with van der Waals surface area (Å²) in [4.78, 5) is 20.6. The van der Waals surface area contributed by atoms with Gasteiger partial charge in [0.2, 0.25) is 0 Å². The van der Waals surface area contributed by atoms with Crippen molar-refractivity contribution in [2.24, 2.45) is 18.7 Å². The molecule has 2 aromatic heterocycles. The van der Waals surface area contributed by atoms with E-state index in [1.807, 2.05) is 24.1 Å². The Hall–Kier alpha value is -3.52. The van der Waals surface area contributed by atoms with Gasteiger partial charge in [-0.15, -0.1) is 0 Å². The molecule has 0 radical (unpaired) electrons. The normalized spacial score (nSPS) is 24.6. The molecule has 7 rings (SSSR count). The van der Waals surface area contributed by atoms with E-state index >= 15 is 0 Å². The molecule has 4 heterocycles. The molecular weight excluding hydrogens is 452 g/mol. The van der Waals surface area contributed by atoms with Gasteiger partial charge in [0.1, 0.15) is 11.3 Å². The Labute approximate surface area is 210 Å². The number of piperidine rings is 1. The Kier molecular flexibility index (Phi) is 4.67. The summed E-state index contributed by atoms with van der Waals surface area (Å²) in [7, 11) is 3.69. The van der Waals surface area contributed by atoms with Crippen LogP contribution in [0.25, 0.3) is 33.5 Å².